The number of nitro benzene ring substituents is 1. The molecule has 35 heavy (non-hydrogen) atoms. The second-order valence-electron chi connectivity index (χ2n) is 8.61. The van der Waals surface area contributed by atoms with Crippen LogP contribution in [0.5, 0.6) is 5.75 Å². The Balaban J connectivity index is 1.70. The van der Waals surface area contributed by atoms with Crippen molar-refractivity contribution in [2.24, 2.45) is 7.05 Å². The molecule has 0 spiro atoms. The highest BCUT2D eigenvalue weighted by Crippen LogP contribution is 2.39. The van der Waals surface area contributed by atoms with E-state index in [2.05, 4.69) is 32.0 Å². The van der Waals surface area contributed by atoms with Gasteiger partial charge in [-0.1, -0.05) is 18.2 Å². The minimum Gasteiger partial charge on any atom is -0.494 e. The maximum absolute atomic E-state index is 11.9. The summed E-state index contributed by atoms with van der Waals surface area (Å²) in [5.41, 5.74) is 3.74. The van der Waals surface area contributed by atoms with Crippen molar-refractivity contribution < 1.29 is 9.66 Å². The lowest BCUT2D eigenvalue weighted by Crippen LogP contribution is -2.28. The molecule has 182 valence electrons. The number of hydrogen-bond donors (Lipinski definition) is 1. The highest BCUT2D eigenvalue weighted by atomic mass is 16.6. The Morgan fingerprint density at radius 3 is 2.60 bits per heavy atom. The van der Waals surface area contributed by atoms with Crippen LogP contribution in [-0.4, -0.2) is 65.7 Å². The fraction of sp³-hybridized carbons (Fsp3) is 0.280. The third kappa shape index (κ3) is 5.02. The van der Waals surface area contributed by atoms with Crippen molar-refractivity contribution in [1.29, 1.82) is 0 Å². The average Bonchev–Trinajstić information content (AvgIpc) is 3.19. The molecule has 0 radical (unpaired) electrons. The van der Waals surface area contributed by atoms with E-state index >= 15 is 0 Å². The first-order valence-electron chi connectivity index (χ1n) is 11.1. The molecule has 10 heteroatoms. The molecule has 2 aromatic carbocycles. The molecule has 0 aliphatic rings. The number of hydrogen-bond acceptors (Lipinski definition) is 8. The van der Waals surface area contributed by atoms with E-state index in [4.69, 9.17) is 4.74 Å². The number of nitro groups is 1. The number of aryl methyl sites for hydroxylation is 1. The van der Waals surface area contributed by atoms with Gasteiger partial charge in [0.05, 0.1) is 23.4 Å². The topological polar surface area (TPSA) is 102 Å². The molecule has 0 saturated carbocycles. The van der Waals surface area contributed by atoms with Gasteiger partial charge < -0.3 is 24.4 Å². The molecule has 2 aromatic heterocycles. The summed E-state index contributed by atoms with van der Waals surface area (Å²) in [6.45, 7) is 1.39. The second kappa shape index (κ2) is 9.98. The van der Waals surface area contributed by atoms with Gasteiger partial charge in [0.15, 0.2) is 0 Å². The summed E-state index contributed by atoms with van der Waals surface area (Å²) in [6, 6.07) is 13.1. The smallest absolute Gasteiger partial charge is 0.294 e. The van der Waals surface area contributed by atoms with Gasteiger partial charge in [-0.25, -0.2) is 9.97 Å². The minimum atomic E-state index is -0.381. The van der Waals surface area contributed by atoms with Crippen LogP contribution < -0.4 is 15.0 Å². The van der Waals surface area contributed by atoms with Gasteiger partial charge in [0.25, 0.3) is 5.69 Å². The fourth-order valence-electron chi connectivity index (χ4n) is 4.00. The number of benzene rings is 2. The molecule has 4 aromatic rings. The summed E-state index contributed by atoms with van der Waals surface area (Å²) in [5, 5.41) is 16.2. The molecule has 0 unspecified atom stereocenters. The summed E-state index contributed by atoms with van der Waals surface area (Å²) >= 11 is 0. The molecule has 1 N–H and O–H groups in total. The van der Waals surface area contributed by atoms with Gasteiger partial charge in [-0.05, 0) is 20.2 Å². The Kier molecular flexibility index (Phi) is 6.83. The van der Waals surface area contributed by atoms with Gasteiger partial charge in [-0.15, -0.1) is 0 Å². The summed E-state index contributed by atoms with van der Waals surface area (Å²) in [7, 11) is 9.29. The van der Waals surface area contributed by atoms with Gasteiger partial charge in [0.1, 0.15) is 23.6 Å². The van der Waals surface area contributed by atoms with Crippen LogP contribution in [0.4, 0.5) is 22.9 Å². The van der Waals surface area contributed by atoms with E-state index in [9.17, 15) is 10.1 Å². The molecular formula is C25H29N7O3. The third-order valence-corrected chi connectivity index (χ3v) is 5.89. The lowest BCUT2D eigenvalue weighted by molar-refractivity contribution is -0.384. The SMILES string of the molecule is COc1cc(N(C)CCN(C)C)c([N+](=O)[O-])cc1Nc1cc(-c2cn(C)c3ccccc23)ncn1. The lowest BCUT2D eigenvalue weighted by Gasteiger charge is -2.22. The zero-order chi connectivity index (χ0) is 25.1. The maximum Gasteiger partial charge on any atom is 0.294 e. The number of anilines is 3. The molecule has 0 bridgehead atoms. The molecule has 0 fully saturated rings. The van der Waals surface area contributed by atoms with Gasteiger partial charge in [0.2, 0.25) is 0 Å². The number of likely N-dealkylation sites (N-methyl/N-ethyl adjacent to an activating group) is 2. The summed E-state index contributed by atoms with van der Waals surface area (Å²) in [6.07, 6.45) is 3.50. The van der Waals surface area contributed by atoms with E-state index in [0.29, 0.717) is 29.5 Å². The van der Waals surface area contributed by atoms with Crippen LogP contribution in [0.1, 0.15) is 0 Å². The van der Waals surface area contributed by atoms with Crippen molar-refractivity contribution in [2.45, 2.75) is 0 Å². The van der Waals surface area contributed by atoms with E-state index in [1.54, 1.807) is 6.07 Å². The molecular weight excluding hydrogens is 446 g/mol. The van der Waals surface area contributed by atoms with Crippen LogP contribution in [0.25, 0.3) is 22.2 Å². The Morgan fingerprint density at radius 1 is 1.11 bits per heavy atom. The second-order valence-corrected chi connectivity index (χ2v) is 8.61. The van der Waals surface area contributed by atoms with E-state index in [-0.39, 0.29) is 10.6 Å². The standard InChI is InChI=1S/C25H29N7O3/c1-29(2)10-11-30(3)22-14-24(35-5)20(12-23(22)32(33)34)28-25-13-19(26-16-27-25)18-15-31(4)21-9-7-6-8-17(18)21/h6-9,12-16H,10-11H2,1-5H3,(H,26,27,28). The van der Waals surface area contributed by atoms with Crippen LogP contribution in [0.3, 0.4) is 0 Å². The predicted octanol–water partition coefficient (Wildman–Crippen LogP) is 4.29. The first kappa shape index (κ1) is 24.0. The van der Waals surface area contributed by atoms with Crippen LogP contribution in [0.2, 0.25) is 0 Å². The molecule has 0 amide bonds. The van der Waals surface area contributed by atoms with Gasteiger partial charge in [-0.2, -0.15) is 0 Å². The number of aromatic nitrogens is 3. The van der Waals surface area contributed by atoms with Crippen LogP contribution in [-0.2, 0) is 7.05 Å². The summed E-state index contributed by atoms with van der Waals surface area (Å²) in [4.78, 5) is 24.2. The highest BCUT2D eigenvalue weighted by Gasteiger charge is 2.22. The molecule has 10 nitrogen and oxygen atoms in total. The van der Waals surface area contributed by atoms with Crippen molar-refractivity contribution in [3.05, 3.63) is 65.1 Å². The zero-order valence-electron chi connectivity index (χ0n) is 20.5. The van der Waals surface area contributed by atoms with Crippen LogP contribution in [0, 0.1) is 10.1 Å². The first-order chi connectivity index (χ1) is 16.8. The van der Waals surface area contributed by atoms with E-state index in [1.807, 2.05) is 62.4 Å². The van der Waals surface area contributed by atoms with Crippen molar-refractivity contribution in [2.75, 3.05) is 51.6 Å². The predicted molar refractivity (Wildman–Crippen MR) is 139 cm³/mol. The zero-order valence-corrected chi connectivity index (χ0v) is 20.5. The Morgan fingerprint density at radius 2 is 1.89 bits per heavy atom. The van der Waals surface area contributed by atoms with Crippen molar-refractivity contribution in [3.63, 3.8) is 0 Å². The van der Waals surface area contributed by atoms with E-state index in [1.165, 1.54) is 19.5 Å². The number of ether oxygens (including phenoxy) is 1. The molecule has 0 saturated heterocycles. The van der Waals surface area contributed by atoms with Gasteiger partial charge >= 0.3 is 0 Å². The fourth-order valence-corrected chi connectivity index (χ4v) is 4.00. The number of nitrogens with one attached hydrogen (secondary N) is 1. The van der Waals surface area contributed by atoms with Gasteiger partial charge in [0, 0.05) is 68.0 Å². The molecule has 0 aliphatic heterocycles. The monoisotopic (exact) mass is 475 g/mol. The quantitative estimate of drug-likeness (QED) is 0.283. The summed E-state index contributed by atoms with van der Waals surface area (Å²) < 4.78 is 7.63. The molecule has 2 heterocycles. The van der Waals surface area contributed by atoms with Crippen LogP contribution in [0.15, 0.2) is 55.0 Å². The van der Waals surface area contributed by atoms with Crippen molar-refractivity contribution in [1.82, 2.24) is 19.4 Å². The maximum atomic E-state index is 11.9. The number of para-hydroxylation sites is 1. The first-order valence-corrected chi connectivity index (χ1v) is 11.1. The molecule has 4 rings (SSSR count). The van der Waals surface area contributed by atoms with Crippen molar-refractivity contribution >= 4 is 33.8 Å². The molecule has 0 atom stereocenters. The number of rotatable bonds is 9. The molecule has 0 aliphatic carbocycles. The van der Waals surface area contributed by atoms with Crippen molar-refractivity contribution in [3.8, 4) is 17.0 Å². The lowest BCUT2D eigenvalue weighted by atomic mass is 10.1. The Labute approximate surface area is 203 Å². The number of nitrogens with zero attached hydrogens (tertiary/aromatic N) is 6. The van der Waals surface area contributed by atoms with E-state index in [0.717, 1.165) is 28.7 Å². The minimum absolute atomic E-state index is 0.0158. The number of methoxy groups -OCH3 is 1. The van der Waals surface area contributed by atoms with Crippen LogP contribution >= 0.6 is 0 Å². The van der Waals surface area contributed by atoms with Gasteiger partial charge in [-0.3, -0.25) is 10.1 Å². The largest absolute Gasteiger partial charge is 0.494 e. The third-order valence-electron chi connectivity index (χ3n) is 5.89. The van der Waals surface area contributed by atoms with E-state index < -0.39 is 0 Å². The Hall–Kier alpha value is -4.18. The normalized spacial score (nSPS) is 11.1. The average molecular weight is 476 g/mol. The highest BCUT2D eigenvalue weighted by molar-refractivity contribution is 5.95. The Bertz CT molecular complexity index is 1370. The summed E-state index contributed by atoms with van der Waals surface area (Å²) in [5.74, 6) is 0.983. The number of fused-ring (bicyclic) bond motifs is 1.